The summed E-state index contributed by atoms with van der Waals surface area (Å²) < 4.78 is 42.3. The van der Waals surface area contributed by atoms with Crippen molar-refractivity contribution in [3.05, 3.63) is 71.4 Å². The van der Waals surface area contributed by atoms with Gasteiger partial charge in [-0.3, -0.25) is 14.5 Å². The van der Waals surface area contributed by atoms with Crippen LogP contribution < -0.4 is 14.4 Å². The molecule has 1 aliphatic heterocycles. The highest BCUT2D eigenvalue weighted by Crippen LogP contribution is 2.34. The number of rotatable bonds is 10. The van der Waals surface area contributed by atoms with Crippen molar-refractivity contribution in [3.8, 4) is 17.0 Å². The van der Waals surface area contributed by atoms with Crippen molar-refractivity contribution in [1.82, 2.24) is 4.98 Å². The Morgan fingerprint density at radius 2 is 1.79 bits per heavy atom. The molecule has 4 rings (SSSR count). The third kappa shape index (κ3) is 7.14. The molecule has 2 aromatic carbocycles. The number of methoxy groups -OCH3 is 1. The Labute approximate surface area is 230 Å². The first kappa shape index (κ1) is 28.5. The maximum Gasteiger partial charge on any atom is 0.260 e. The molecule has 0 saturated heterocycles. The van der Waals surface area contributed by atoms with Crippen LogP contribution in [0, 0.1) is 0 Å². The lowest BCUT2D eigenvalue weighted by Crippen LogP contribution is -2.37. The Hall–Kier alpha value is -3.47. The van der Waals surface area contributed by atoms with Gasteiger partial charge in [0.1, 0.15) is 5.75 Å². The molecule has 1 aromatic heterocycles. The number of nitrogens with zero attached hydrogens (tertiary/aromatic N) is 2. The summed E-state index contributed by atoms with van der Waals surface area (Å²) in [5.74, 6) is 0.0930. The van der Waals surface area contributed by atoms with Gasteiger partial charge in [-0.2, -0.15) is 0 Å². The van der Waals surface area contributed by atoms with Crippen molar-refractivity contribution in [2.75, 3.05) is 49.5 Å². The van der Waals surface area contributed by atoms with Crippen LogP contribution in [0.2, 0.25) is 0 Å². The molecule has 0 radical (unpaired) electrons. The number of anilines is 2. The molecule has 0 saturated carbocycles. The minimum absolute atomic E-state index is 0.0660. The van der Waals surface area contributed by atoms with Crippen LogP contribution in [0.4, 0.5) is 11.4 Å². The molecule has 0 fully saturated rings. The molecule has 10 heteroatoms. The van der Waals surface area contributed by atoms with E-state index in [4.69, 9.17) is 14.2 Å². The van der Waals surface area contributed by atoms with Crippen LogP contribution in [0.1, 0.15) is 42.3 Å². The van der Waals surface area contributed by atoms with E-state index in [1.807, 2.05) is 6.07 Å². The van der Waals surface area contributed by atoms with E-state index in [0.717, 1.165) is 23.1 Å². The highest BCUT2D eigenvalue weighted by molar-refractivity contribution is 7.92. The minimum Gasteiger partial charge on any atom is -0.465 e. The number of nitrogens with one attached hydrogen (secondary N) is 1. The molecule has 0 spiro atoms. The Bertz CT molecular complexity index is 1430. The van der Waals surface area contributed by atoms with Crippen LogP contribution >= 0.6 is 0 Å². The van der Waals surface area contributed by atoms with Gasteiger partial charge in [0.05, 0.1) is 36.4 Å². The highest BCUT2D eigenvalue weighted by atomic mass is 32.2. The molecule has 0 bridgehead atoms. The second-order valence-corrected chi connectivity index (χ2v) is 12.2. The molecule has 0 aliphatic carbocycles. The van der Waals surface area contributed by atoms with E-state index in [1.165, 1.54) is 5.56 Å². The van der Waals surface area contributed by atoms with Crippen LogP contribution in [0.5, 0.6) is 5.75 Å². The molecule has 2 heterocycles. The first-order chi connectivity index (χ1) is 18.5. The summed E-state index contributed by atoms with van der Waals surface area (Å²) in [5, 5.41) is 0. The van der Waals surface area contributed by atoms with Gasteiger partial charge in [-0.1, -0.05) is 45.0 Å². The van der Waals surface area contributed by atoms with Crippen LogP contribution in [-0.4, -0.2) is 59.2 Å². The smallest absolute Gasteiger partial charge is 0.260 e. The lowest BCUT2D eigenvalue weighted by Gasteiger charge is -2.29. The maximum atomic E-state index is 13.5. The summed E-state index contributed by atoms with van der Waals surface area (Å²) in [6.07, 6.45) is 3.32. The largest absolute Gasteiger partial charge is 0.465 e. The van der Waals surface area contributed by atoms with E-state index in [2.05, 4.69) is 54.7 Å². The van der Waals surface area contributed by atoms with Gasteiger partial charge in [-0.15, -0.1) is 0 Å². The molecule has 1 amide bonds. The Morgan fingerprint density at radius 3 is 2.46 bits per heavy atom. The standard InChI is InChI=1S/C29H35N3O6S/c1-29(2,3)22-8-6-20(7-9-22)25-16-21-12-13-32(28(33)24(21)18-30-25)23-10-11-27(38-19-37-15-14-36-4)26(17-23)31-39(5,34)35/h6-11,16-18,31H,12-15,19H2,1-5H3. The average molecular weight is 554 g/mol. The molecule has 39 heavy (non-hydrogen) atoms. The molecule has 208 valence electrons. The number of aromatic nitrogens is 1. The molecular formula is C29H35N3O6S. The minimum atomic E-state index is -3.60. The molecule has 1 aliphatic rings. The monoisotopic (exact) mass is 553 g/mol. The third-order valence-electron chi connectivity index (χ3n) is 6.42. The summed E-state index contributed by atoms with van der Waals surface area (Å²) >= 11 is 0. The van der Waals surface area contributed by atoms with Crippen molar-refractivity contribution in [3.63, 3.8) is 0 Å². The molecule has 1 N–H and O–H groups in total. The van der Waals surface area contributed by atoms with Gasteiger partial charge >= 0.3 is 0 Å². The summed E-state index contributed by atoms with van der Waals surface area (Å²) in [6.45, 7) is 7.64. The lowest BCUT2D eigenvalue weighted by molar-refractivity contribution is -0.00813. The van der Waals surface area contributed by atoms with Gasteiger partial charge in [0.2, 0.25) is 10.0 Å². The Kier molecular flexibility index (Phi) is 8.58. The topological polar surface area (TPSA) is 107 Å². The SMILES string of the molecule is COCCOCOc1ccc(N2CCc3cc(-c4ccc(C(C)(C)C)cc4)ncc3C2=O)cc1NS(C)(=O)=O. The Morgan fingerprint density at radius 1 is 1.05 bits per heavy atom. The fourth-order valence-corrected chi connectivity index (χ4v) is 4.88. The maximum absolute atomic E-state index is 13.5. The fourth-order valence-electron chi connectivity index (χ4n) is 4.32. The number of hydrogen-bond donors (Lipinski definition) is 1. The summed E-state index contributed by atoms with van der Waals surface area (Å²) in [6, 6.07) is 15.3. The van der Waals surface area contributed by atoms with Gasteiger partial charge in [-0.25, -0.2) is 8.42 Å². The number of ether oxygens (including phenoxy) is 3. The van der Waals surface area contributed by atoms with Gasteiger partial charge in [-0.05, 0) is 47.2 Å². The number of pyridine rings is 1. The number of carbonyl (C=O) groups is 1. The fraction of sp³-hybridized carbons (Fsp3) is 0.379. The van der Waals surface area contributed by atoms with Crippen molar-refractivity contribution in [2.45, 2.75) is 32.6 Å². The number of fused-ring (bicyclic) bond motifs is 1. The zero-order chi connectivity index (χ0) is 28.2. The van der Waals surface area contributed by atoms with E-state index in [-0.39, 0.29) is 29.6 Å². The highest BCUT2D eigenvalue weighted by Gasteiger charge is 2.27. The molecule has 9 nitrogen and oxygen atoms in total. The first-order valence-corrected chi connectivity index (χ1v) is 14.6. The van der Waals surface area contributed by atoms with E-state index >= 15 is 0 Å². The van der Waals surface area contributed by atoms with Crippen LogP contribution in [0.15, 0.2) is 54.7 Å². The van der Waals surface area contributed by atoms with Crippen molar-refractivity contribution in [1.29, 1.82) is 0 Å². The first-order valence-electron chi connectivity index (χ1n) is 12.7. The zero-order valence-corrected chi connectivity index (χ0v) is 23.8. The van der Waals surface area contributed by atoms with E-state index < -0.39 is 10.0 Å². The molecular weight excluding hydrogens is 518 g/mol. The second-order valence-electron chi connectivity index (χ2n) is 10.5. The summed E-state index contributed by atoms with van der Waals surface area (Å²) in [7, 11) is -2.03. The quantitative estimate of drug-likeness (QED) is 0.288. The van der Waals surface area contributed by atoms with Crippen LogP contribution in [-0.2, 0) is 31.3 Å². The van der Waals surface area contributed by atoms with Gasteiger partial charge in [0.25, 0.3) is 5.91 Å². The van der Waals surface area contributed by atoms with Crippen molar-refractivity contribution in [2.24, 2.45) is 0 Å². The van der Waals surface area contributed by atoms with E-state index in [9.17, 15) is 13.2 Å². The predicted molar refractivity (Wildman–Crippen MR) is 152 cm³/mol. The van der Waals surface area contributed by atoms with Crippen LogP contribution in [0.3, 0.4) is 0 Å². The molecule has 3 aromatic rings. The van der Waals surface area contributed by atoms with Gasteiger partial charge in [0.15, 0.2) is 6.79 Å². The van der Waals surface area contributed by atoms with Crippen molar-refractivity contribution >= 4 is 27.3 Å². The van der Waals surface area contributed by atoms with Gasteiger partial charge in [0, 0.05) is 31.1 Å². The lowest BCUT2D eigenvalue weighted by atomic mass is 9.86. The summed E-state index contributed by atoms with van der Waals surface area (Å²) in [4.78, 5) is 19.7. The molecule has 0 atom stereocenters. The van der Waals surface area contributed by atoms with Gasteiger partial charge < -0.3 is 19.1 Å². The number of carbonyl (C=O) groups excluding carboxylic acids is 1. The van der Waals surface area contributed by atoms with E-state index in [0.29, 0.717) is 37.4 Å². The zero-order valence-electron chi connectivity index (χ0n) is 23.0. The second kappa shape index (κ2) is 11.7. The normalized spacial score (nSPS) is 13.8. The number of amides is 1. The summed E-state index contributed by atoms with van der Waals surface area (Å²) in [5.41, 5.74) is 5.36. The number of benzene rings is 2. The average Bonchev–Trinajstić information content (AvgIpc) is 2.88. The Balaban J connectivity index is 1.55. The van der Waals surface area contributed by atoms with E-state index in [1.54, 1.807) is 36.4 Å². The number of sulfonamides is 1. The molecule has 0 unspecified atom stereocenters. The third-order valence-corrected chi connectivity index (χ3v) is 7.01. The van der Waals surface area contributed by atoms with Crippen molar-refractivity contribution < 1.29 is 27.4 Å². The number of hydrogen-bond acceptors (Lipinski definition) is 7. The van der Waals surface area contributed by atoms with Crippen LogP contribution in [0.25, 0.3) is 11.3 Å². The predicted octanol–water partition coefficient (Wildman–Crippen LogP) is 4.62.